The van der Waals surface area contributed by atoms with Crippen LogP contribution in [0.5, 0.6) is 0 Å². The average molecular weight is 310 g/mol. The molecule has 0 aromatic heterocycles. The van der Waals surface area contributed by atoms with Crippen LogP contribution < -0.4 is 10.6 Å². The molecule has 4 nitrogen and oxygen atoms in total. The monoisotopic (exact) mass is 310 g/mol. The van der Waals surface area contributed by atoms with Gasteiger partial charge in [-0.1, -0.05) is 19.1 Å². The van der Waals surface area contributed by atoms with Crippen LogP contribution in [0.3, 0.4) is 0 Å². The lowest BCUT2D eigenvalue weighted by Crippen LogP contribution is -2.43. The first-order valence-electron chi connectivity index (χ1n) is 7.69. The standard InChI is InChI=1S/C17H27FN2O2/c1-6-15(11-19-16(21)22-17(3,4)5)20-12(2)13-8-7-9-14(18)10-13/h7-10,12,15,20H,6,11H2,1-5H3,(H,19,21). The lowest BCUT2D eigenvalue weighted by atomic mass is 10.1. The van der Waals surface area contributed by atoms with Gasteiger partial charge in [-0.15, -0.1) is 0 Å². The van der Waals surface area contributed by atoms with Crippen LogP contribution in [0, 0.1) is 5.82 Å². The fourth-order valence-electron chi connectivity index (χ4n) is 2.07. The summed E-state index contributed by atoms with van der Waals surface area (Å²) in [7, 11) is 0. The molecule has 124 valence electrons. The van der Waals surface area contributed by atoms with E-state index < -0.39 is 11.7 Å². The Balaban J connectivity index is 2.49. The van der Waals surface area contributed by atoms with Crippen LogP contribution in [0.1, 0.15) is 52.6 Å². The van der Waals surface area contributed by atoms with Crippen molar-refractivity contribution in [1.29, 1.82) is 0 Å². The number of benzene rings is 1. The van der Waals surface area contributed by atoms with Crippen molar-refractivity contribution in [3.8, 4) is 0 Å². The third-order valence-electron chi connectivity index (χ3n) is 3.22. The van der Waals surface area contributed by atoms with Crippen LogP contribution in [0.4, 0.5) is 9.18 Å². The highest BCUT2D eigenvalue weighted by Crippen LogP contribution is 2.14. The minimum atomic E-state index is -0.506. The quantitative estimate of drug-likeness (QED) is 0.840. The number of alkyl carbamates (subject to hydrolysis) is 1. The maximum atomic E-state index is 13.3. The molecule has 2 N–H and O–H groups in total. The maximum absolute atomic E-state index is 13.3. The van der Waals surface area contributed by atoms with Crippen LogP contribution in [0.25, 0.3) is 0 Å². The highest BCUT2D eigenvalue weighted by molar-refractivity contribution is 5.67. The molecule has 0 bridgehead atoms. The zero-order valence-electron chi connectivity index (χ0n) is 14.1. The second-order valence-electron chi connectivity index (χ2n) is 6.43. The molecule has 0 saturated heterocycles. The van der Waals surface area contributed by atoms with E-state index >= 15 is 0 Å². The van der Waals surface area contributed by atoms with Crippen molar-refractivity contribution < 1.29 is 13.9 Å². The van der Waals surface area contributed by atoms with Crippen LogP contribution in [-0.4, -0.2) is 24.3 Å². The lowest BCUT2D eigenvalue weighted by Gasteiger charge is -2.24. The smallest absolute Gasteiger partial charge is 0.407 e. The summed E-state index contributed by atoms with van der Waals surface area (Å²) >= 11 is 0. The van der Waals surface area contributed by atoms with Crippen molar-refractivity contribution in [3.63, 3.8) is 0 Å². The minimum Gasteiger partial charge on any atom is -0.444 e. The van der Waals surface area contributed by atoms with E-state index in [1.807, 2.05) is 40.7 Å². The van der Waals surface area contributed by atoms with Gasteiger partial charge in [0.1, 0.15) is 11.4 Å². The Morgan fingerprint density at radius 1 is 1.36 bits per heavy atom. The number of hydrogen-bond donors (Lipinski definition) is 2. The average Bonchev–Trinajstić information content (AvgIpc) is 2.41. The topological polar surface area (TPSA) is 50.4 Å². The van der Waals surface area contributed by atoms with Crippen LogP contribution >= 0.6 is 0 Å². The third-order valence-corrected chi connectivity index (χ3v) is 3.22. The van der Waals surface area contributed by atoms with Gasteiger partial charge in [-0.2, -0.15) is 0 Å². The molecule has 1 aromatic carbocycles. The van der Waals surface area contributed by atoms with E-state index in [2.05, 4.69) is 10.6 Å². The first-order valence-corrected chi connectivity index (χ1v) is 7.69. The van der Waals surface area contributed by atoms with Crippen molar-refractivity contribution >= 4 is 6.09 Å². The molecule has 0 aliphatic carbocycles. The molecule has 0 radical (unpaired) electrons. The van der Waals surface area contributed by atoms with Gasteiger partial charge in [-0.25, -0.2) is 9.18 Å². The van der Waals surface area contributed by atoms with E-state index in [0.29, 0.717) is 6.54 Å². The van der Waals surface area contributed by atoms with Gasteiger partial charge in [-0.05, 0) is 51.8 Å². The Kier molecular flexibility index (Phi) is 6.81. The van der Waals surface area contributed by atoms with Gasteiger partial charge in [0.25, 0.3) is 0 Å². The predicted molar refractivity (Wildman–Crippen MR) is 86.3 cm³/mol. The van der Waals surface area contributed by atoms with Gasteiger partial charge >= 0.3 is 6.09 Å². The van der Waals surface area contributed by atoms with Crippen molar-refractivity contribution in [2.24, 2.45) is 0 Å². The van der Waals surface area contributed by atoms with Gasteiger partial charge in [0.15, 0.2) is 0 Å². The molecule has 1 rings (SSSR count). The van der Waals surface area contributed by atoms with E-state index in [9.17, 15) is 9.18 Å². The Morgan fingerprint density at radius 3 is 2.59 bits per heavy atom. The van der Waals surface area contributed by atoms with Gasteiger partial charge in [-0.3, -0.25) is 0 Å². The summed E-state index contributed by atoms with van der Waals surface area (Å²) < 4.78 is 18.5. The number of nitrogens with one attached hydrogen (secondary N) is 2. The second kappa shape index (κ2) is 8.13. The number of hydrogen-bond acceptors (Lipinski definition) is 3. The van der Waals surface area contributed by atoms with Crippen molar-refractivity contribution in [2.45, 2.75) is 58.7 Å². The normalized spacial score (nSPS) is 14.3. The summed E-state index contributed by atoms with van der Waals surface area (Å²) in [6.45, 7) is 9.96. The zero-order valence-corrected chi connectivity index (χ0v) is 14.1. The number of carbonyl (C=O) groups excluding carboxylic acids is 1. The molecule has 1 amide bonds. The van der Waals surface area contributed by atoms with Crippen molar-refractivity contribution in [1.82, 2.24) is 10.6 Å². The SMILES string of the molecule is CCC(CNC(=O)OC(C)(C)C)NC(C)c1cccc(F)c1. The molecule has 0 aliphatic rings. The Bertz CT molecular complexity index is 486. The summed E-state index contributed by atoms with van der Waals surface area (Å²) in [6.07, 6.45) is 0.418. The van der Waals surface area contributed by atoms with Gasteiger partial charge in [0, 0.05) is 18.6 Å². The summed E-state index contributed by atoms with van der Waals surface area (Å²) in [5.41, 5.74) is 0.379. The lowest BCUT2D eigenvalue weighted by molar-refractivity contribution is 0.0521. The Labute approximate surface area is 132 Å². The third kappa shape index (κ3) is 6.89. The molecule has 0 fully saturated rings. The molecule has 2 atom stereocenters. The number of rotatable bonds is 6. The summed E-state index contributed by atoms with van der Waals surface area (Å²) in [4.78, 5) is 11.7. The van der Waals surface area contributed by atoms with E-state index in [0.717, 1.165) is 12.0 Å². The fraction of sp³-hybridized carbons (Fsp3) is 0.588. The fourth-order valence-corrected chi connectivity index (χ4v) is 2.07. The molecule has 1 aromatic rings. The first-order chi connectivity index (χ1) is 10.2. The molecule has 2 unspecified atom stereocenters. The van der Waals surface area contributed by atoms with E-state index in [-0.39, 0.29) is 17.9 Å². The number of carbonyl (C=O) groups is 1. The van der Waals surface area contributed by atoms with E-state index in [1.165, 1.54) is 12.1 Å². The summed E-state index contributed by atoms with van der Waals surface area (Å²) in [5.74, 6) is -0.244. The Hall–Kier alpha value is -1.62. The predicted octanol–water partition coefficient (Wildman–Crippen LogP) is 3.78. The Morgan fingerprint density at radius 2 is 2.05 bits per heavy atom. The molecular weight excluding hydrogens is 283 g/mol. The zero-order chi connectivity index (χ0) is 16.8. The largest absolute Gasteiger partial charge is 0.444 e. The number of ether oxygens (including phenoxy) is 1. The number of amides is 1. The highest BCUT2D eigenvalue weighted by Gasteiger charge is 2.18. The second-order valence-corrected chi connectivity index (χ2v) is 6.43. The van der Waals surface area contributed by atoms with E-state index in [1.54, 1.807) is 6.07 Å². The molecule has 22 heavy (non-hydrogen) atoms. The molecular formula is C17H27FN2O2. The molecule has 5 heteroatoms. The minimum absolute atomic E-state index is 0.00101. The molecule has 0 saturated carbocycles. The van der Waals surface area contributed by atoms with Crippen LogP contribution in [0.15, 0.2) is 24.3 Å². The summed E-state index contributed by atoms with van der Waals surface area (Å²) in [5, 5.41) is 6.15. The molecule has 0 spiro atoms. The van der Waals surface area contributed by atoms with Crippen LogP contribution in [-0.2, 0) is 4.74 Å². The van der Waals surface area contributed by atoms with E-state index in [4.69, 9.17) is 4.74 Å². The maximum Gasteiger partial charge on any atom is 0.407 e. The first kappa shape index (κ1) is 18.4. The number of halogens is 1. The van der Waals surface area contributed by atoms with Gasteiger partial charge in [0.05, 0.1) is 0 Å². The highest BCUT2D eigenvalue weighted by atomic mass is 19.1. The van der Waals surface area contributed by atoms with Crippen LogP contribution in [0.2, 0.25) is 0 Å². The van der Waals surface area contributed by atoms with Crippen molar-refractivity contribution in [2.75, 3.05) is 6.54 Å². The van der Waals surface area contributed by atoms with Crippen molar-refractivity contribution in [3.05, 3.63) is 35.6 Å². The van der Waals surface area contributed by atoms with Gasteiger partial charge in [0.2, 0.25) is 0 Å². The van der Waals surface area contributed by atoms with Gasteiger partial charge < -0.3 is 15.4 Å². The summed E-state index contributed by atoms with van der Waals surface area (Å²) in [6, 6.07) is 6.62. The molecule has 0 aliphatic heterocycles. The molecule has 0 heterocycles.